The average molecular weight is 833 g/mol. The van der Waals surface area contributed by atoms with E-state index >= 15 is 0 Å². The standard InChI is InChI=1S/C26H25.C21H23.C2H6Si.2ClH.Zr/c1-18-8-10-19(11-9-18)22-16-21-6-5-7-24(25(21)17-22)20-12-14-23(15-13-20)26(2,3)4;1-14-12-19-15(2)6-11-18(20(19)13-14)16-7-9-17(10-8-16)21(3,4)5;1-3-2;;;/h5-17H,1-4H3;6-13H,1-5H3;1-2H3;2*1H;/q2*-1;;;;+4/p-2. The Hall–Kier alpha value is -3.00. The van der Waals surface area contributed by atoms with Crippen LogP contribution in [0.4, 0.5) is 0 Å². The Bertz CT molecular complexity index is 2190. The fourth-order valence-electron chi connectivity index (χ4n) is 6.54. The molecule has 0 aliphatic carbocycles. The van der Waals surface area contributed by atoms with E-state index in [0.717, 1.165) is 9.52 Å². The van der Waals surface area contributed by atoms with Crippen LogP contribution in [0.2, 0.25) is 13.1 Å². The van der Waals surface area contributed by atoms with Gasteiger partial charge < -0.3 is 0 Å². The quantitative estimate of drug-likeness (QED) is 0.123. The number of fused-ring (bicyclic) bond motifs is 2. The molecule has 272 valence electrons. The second-order valence-corrected chi connectivity index (χ2v) is 20.7. The summed E-state index contributed by atoms with van der Waals surface area (Å²) >= 11 is -0.826. The minimum absolute atomic E-state index is 0.184. The zero-order valence-corrected chi connectivity index (χ0v) is 38.4. The number of rotatable bonds is 3. The molecule has 0 aliphatic heterocycles. The van der Waals surface area contributed by atoms with Crippen molar-refractivity contribution in [1.82, 2.24) is 0 Å². The molecule has 0 fully saturated rings. The Kier molecular flexibility index (Phi) is 15.4. The van der Waals surface area contributed by atoms with Crippen molar-refractivity contribution in [3.8, 4) is 33.4 Å². The van der Waals surface area contributed by atoms with Gasteiger partial charge in [-0.3, -0.25) is 0 Å². The van der Waals surface area contributed by atoms with Crippen molar-refractivity contribution in [3.63, 3.8) is 0 Å². The van der Waals surface area contributed by atoms with Gasteiger partial charge in [0.2, 0.25) is 0 Å². The van der Waals surface area contributed by atoms with Crippen LogP contribution in [-0.4, -0.2) is 9.52 Å². The summed E-state index contributed by atoms with van der Waals surface area (Å²) < 4.78 is 0. The summed E-state index contributed by atoms with van der Waals surface area (Å²) in [6, 6.07) is 47.2. The average Bonchev–Trinajstić information content (AvgIpc) is 3.73. The van der Waals surface area contributed by atoms with Crippen LogP contribution in [-0.2, 0) is 31.7 Å². The summed E-state index contributed by atoms with van der Waals surface area (Å²) in [5.74, 6) is 0. The van der Waals surface area contributed by atoms with Gasteiger partial charge in [-0.2, -0.15) is 6.07 Å². The summed E-state index contributed by atoms with van der Waals surface area (Å²) in [6.07, 6.45) is 0. The number of hydrogen-bond donors (Lipinski definition) is 0. The van der Waals surface area contributed by atoms with Crippen LogP contribution >= 0.6 is 17.0 Å². The molecule has 0 bridgehead atoms. The van der Waals surface area contributed by atoms with Crippen LogP contribution in [0.3, 0.4) is 0 Å². The monoisotopic (exact) mass is 830 g/mol. The van der Waals surface area contributed by atoms with Crippen LogP contribution in [0.25, 0.3) is 54.9 Å². The summed E-state index contributed by atoms with van der Waals surface area (Å²) in [6.45, 7) is 24.3. The molecule has 0 spiro atoms. The van der Waals surface area contributed by atoms with E-state index < -0.39 is 20.8 Å². The predicted molar refractivity (Wildman–Crippen MR) is 236 cm³/mol. The molecule has 7 rings (SSSR count). The second kappa shape index (κ2) is 19.0. The first-order valence-corrected chi connectivity index (χ1v) is 26.6. The first kappa shape index (κ1) is 42.7. The van der Waals surface area contributed by atoms with Crippen molar-refractivity contribution < 1.29 is 20.8 Å². The van der Waals surface area contributed by atoms with Crippen molar-refractivity contribution in [2.24, 2.45) is 0 Å². The molecule has 2 radical (unpaired) electrons. The van der Waals surface area contributed by atoms with Crippen LogP contribution < -0.4 is 0 Å². The fourth-order valence-corrected chi connectivity index (χ4v) is 6.54. The number of aryl methyl sites for hydroxylation is 3. The van der Waals surface area contributed by atoms with Crippen molar-refractivity contribution in [1.29, 1.82) is 0 Å². The molecule has 0 aliphatic rings. The van der Waals surface area contributed by atoms with Crippen molar-refractivity contribution in [2.45, 2.75) is 86.2 Å². The van der Waals surface area contributed by atoms with Crippen molar-refractivity contribution >= 4 is 48.1 Å². The minimum atomic E-state index is -0.826. The van der Waals surface area contributed by atoms with Crippen molar-refractivity contribution in [3.05, 3.63) is 155 Å². The molecule has 53 heavy (non-hydrogen) atoms. The number of halogens is 2. The summed E-state index contributed by atoms with van der Waals surface area (Å²) in [5, 5.41) is 5.38. The Labute approximate surface area is 341 Å². The molecule has 0 saturated carbocycles. The van der Waals surface area contributed by atoms with Gasteiger partial charge in [-0.25, -0.2) is 0 Å². The van der Waals surface area contributed by atoms with E-state index in [-0.39, 0.29) is 10.8 Å². The van der Waals surface area contributed by atoms with Crippen LogP contribution in [0.5, 0.6) is 0 Å². The molecule has 0 atom stereocenters. The van der Waals surface area contributed by atoms with Gasteiger partial charge in [0, 0.05) is 9.52 Å². The SMILES string of the molecule is C[Si]C.Cc1cc2c(-c3ccc(C(C)(C)C)cc3)ccc(C)c2[cH-]1.Cc1ccc(-c2cc3c(-c4ccc(C(C)(C)C)cc4)cccc3[cH-]2)cc1.[Cl][Zr+2][Cl]. The van der Waals surface area contributed by atoms with E-state index in [1.807, 2.05) is 0 Å². The zero-order chi connectivity index (χ0) is 38.9. The Morgan fingerprint density at radius 3 is 1.51 bits per heavy atom. The Balaban J connectivity index is 0.000000210. The second-order valence-electron chi connectivity index (χ2n) is 15.9. The maximum atomic E-state index is 4.93. The first-order chi connectivity index (χ1) is 25.1. The topological polar surface area (TPSA) is 0 Å². The molecule has 0 heterocycles. The summed E-state index contributed by atoms with van der Waals surface area (Å²) in [5.41, 5.74) is 14.9. The zero-order valence-electron chi connectivity index (χ0n) is 33.4. The van der Waals surface area contributed by atoms with E-state index in [2.05, 4.69) is 203 Å². The molecular formula is C49H54Cl2SiZr. The van der Waals surface area contributed by atoms with E-state index in [9.17, 15) is 0 Å². The normalized spacial score (nSPS) is 11.1. The number of hydrogen-bond acceptors (Lipinski definition) is 0. The van der Waals surface area contributed by atoms with Crippen LogP contribution in [0.1, 0.15) is 69.4 Å². The van der Waals surface area contributed by atoms with Gasteiger partial charge in [0.15, 0.2) is 0 Å². The molecule has 0 unspecified atom stereocenters. The third kappa shape index (κ3) is 11.3. The van der Waals surface area contributed by atoms with Gasteiger partial charge in [0.05, 0.1) is 0 Å². The van der Waals surface area contributed by atoms with Crippen LogP contribution in [0, 0.1) is 20.8 Å². The Morgan fingerprint density at radius 2 is 1.02 bits per heavy atom. The molecule has 0 saturated heterocycles. The fraction of sp³-hybridized carbons (Fsp3) is 0.265. The van der Waals surface area contributed by atoms with Gasteiger partial charge in [-0.1, -0.05) is 182 Å². The molecular weight excluding hydrogens is 779 g/mol. The maximum absolute atomic E-state index is 4.93. The van der Waals surface area contributed by atoms with E-state index in [1.165, 1.54) is 82.7 Å². The van der Waals surface area contributed by atoms with E-state index in [0.29, 0.717) is 0 Å². The van der Waals surface area contributed by atoms with Gasteiger partial charge in [-0.15, -0.1) is 68.6 Å². The molecule has 0 aromatic heterocycles. The molecule has 4 heteroatoms. The van der Waals surface area contributed by atoms with Gasteiger partial charge in [0.25, 0.3) is 0 Å². The first-order valence-electron chi connectivity index (χ1n) is 18.3. The molecule has 0 nitrogen and oxygen atoms in total. The Morgan fingerprint density at radius 1 is 0.547 bits per heavy atom. The third-order valence-electron chi connectivity index (χ3n) is 9.51. The molecule has 0 amide bonds. The van der Waals surface area contributed by atoms with E-state index in [1.54, 1.807) is 0 Å². The van der Waals surface area contributed by atoms with Crippen molar-refractivity contribution in [2.75, 3.05) is 0 Å². The summed E-state index contributed by atoms with van der Waals surface area (Å²) in [7, 11) is 11.0. The molecule has 7 aromatic rings. The van der Waals surface area contributed by atoms with Crippen LogP contribution in [0.15, 0.2) is 127 Å². The van der Waals surface area contributed by atoms with E-state index in [4.69, 9.17) is 17.0 Å². The molecule has 7 aromatic carbocycles. The van der Waals surface area contributed by atoms with Gasteiger partial charge in [-0.05, 0) is 40.0 Å². The third-order valence-corrected chi connectivity index (χ3v) is 9.51. The van der Waals surface area contributed by atoms with Gasteiger partial charge in [0.1, 0.15) is 0 Å². The van der Waals surface area contributed by atoms with Gasteiger partial charge >= 0.3 is 37.9 Å². The molecule has 0 N–H and O–H groups in total. The number of benzene rings is 5. The predicted octanol–water partition coefficient (Wildman–Crippen LogP) is 15.8. The summed E-state index contributed by atoms with van der Waals surface area (Å²) in [4.78, 5) is 0.